The summed E-state index contributed by atoms with van der Waals surface area (Å²) in [6, 6.07) is 15.6. The fourth-order valence-corrected chi connectivity index (χ4v) is 4.98. The van der Waals surface area contributed by atoms with Crippen molar-refractivity contribution in [1.82, 2.24) is 4.57 Å². The Morgan fingerprint density at radius 1 is 1.06 bits per heavy atom. The van der Waals surface area contributed by atoms with Crippen LogP contribution in [0.25, 0.3) is 10.9 Å². The summed E-state index contributed by atoms with van der Waals surface area (Å²) in [5, 5.41) is 20.6. The molecule has 3 aromatic rings. The van der Waals surface area contributed by atoms with Crippen molar-refractivity contribution in [2.75, 3.05) is 6.61 Å². The van der Waals surface area contributed by atoms with E-state index in [2.05, 4.69) is 0 Å². The molecule has 2 N–H and O–H groups in total. The van der Waals surface area contributed by atoms with Gasteiger partial charge in [-0.15, -0.1) is 0 Å². The molecule has 1 saturated heterocycles. The molecule has 0 bridgehead atoms. The number of carbonyl (C=O) groups excluding carboxylic acids is 1. The van der Waals surface area contributed by atoms with Crippen molar-refractivity contribution in [3.05, 3.63) is 71.4 Å². The normalized spacial score (nSPS) is 24.2. The molecule has 4 atom stereocenters. The van der Waals surface area contributed by atoms with Crippen molar-refractivity contribution in [3.8, 4) is 0 Å². The van der Waals surface area contributed by atoms with Crippen molar-refractivity contribution < 1.29 is 34.1 Å². The molecule has 178 valence electrons. The Labute approximate surface area is 200 Å². The van der Waals surface area contributed by atoms with Gasteiger partial charge in [-0.05, 0) is 30.3 Å². The number of hydrogen-bond donors (Lipinski definition) is 2. The topological polar surface area (TPSA) is 115 Å². The van der Waals surface area contributed by atoms with Crippen LogP contribution in [-0.2, 0) is 19.1 Å². The van der Waals surface area contributed by atoms with Gasteiger partial charge in [0.05, 0.1) is 23.9 Å². The molecule has 0 radical (unpaired) electrons. The van der Waals surface area contributed by atoms with Crippen LogP contribution in [0.3, 0.4) is 0 Å². The molecule has 2 heterocycles. The third-order valence-electron chi connectivity index (χ3n) is 6.52. The van der Waals surface area contributed by atoms with Crippen molar-refractivity contribution in [1.29, 1.82) is 0 Å². The molecule has 1 aliphatic heterocycles. The maximum Gasteiger partial charge on any atom is 0.338 e. The van der Waals surface area contributed by atoms with Gasteiger partial charge in [0.15, 0.2) is 0 Å². The van der Waals surface area contributed by atoms with E-state index in [1.165, 1.54) is 0 Å². The van der Waals surface area contributed by atoms with Crippen LogP contribution in [0.1, 0.15) is 36.4 Å². The standard InChI is InChI=1S/C25H24ClNO7/c1-25(13-22(30)31)17(12-21(28)29)23(27-11-10-16-18(26)8-5-9-19(16)27)34-20(25)14-33-24(32)15-6-3-2-4-7-15/h2-11,17,20,23H,12-14H2,1H3,(H,28,29)(H,30,31)/t17-,20-,23+,25+/m0/s1. The van der Waals surface area contributed by atoms with Crippen molar-refractivity contribution in [2.45, 2.75) is 32.1 Å². The number of halogens is 1. The van der Waals surface area contributed by atoms with Gasteiger partial charge in [0.25, 0.3) is 0 Å². The number of aliphatic carboxylic acids is 2. The Balaban J connectivity index is 1.70. The largest absolute Gasteiger partial charge is 0.481 e. The van der Waals surface area contributed by atoms with E-state index in [-0.39, 0.29) is 19.4 Å². The molecule has 0 saturated carbocycles. The highest BCUT2D eigenvalue weighted by Gasteiger charge is 2.56. The lowest BCUT2D eigenvalue weighted by molar-refractivity contribution is -0.144. The minimum absolute atomic E-state index is 0.218. The van der Waals surface area contributed by atoms with Crippen LogP contribution in [0.4, 0.5) is 0 Å². The summed E-state index contributed by atoms with van der Waals surface area (Å²) in [4.78, 5) is 36.1. The Kier molecular flexibility index (Phi) is 6.63. The summed E-state index contributed by atoms with van der Waals surface area (Å²) in [5.41, 5.74) is -0.0429. The first kappa shape index (κ1) is 23.8. The van der Waals surface area contributed by atoms with Crippen LogP contribution in [-0.4, -0.2) is 45.4 Å². The first-order valence-corrected chi connectivity index (χ1v) is 11.1. The zero-order chi connectivity index (χ0) is 24.5. The number of fused-ring (bicyclic) bond motifs is 1. The van der Waals surface area contributed by atoms with E-state index in [0.29, 0.717) is 10.6 Å². The highest BCUT2D eigenvalue weighted by molar-refractivity contribution is 6.35. The number of carbonyl (C=O) groups is 3. The zero-order valence-electron chi connectivity index (χ0n) is 18.4. The molecule has 0 aliphatic carbocycles. The second kappa shape index (κ2) is 9.48. The highest BCUT2D eigenvalue weighted by atomic mass is 35.5. The monoisotopic (exact) mass is 485 g/mol. The van der Waals surface area contributed by atoms with E-state index in [1.54, 1.807) is 66.2 Å². The first-order chi connectivity index (χ1) is 16.2. The maximum absolute atomic E-state index is 12.5. The average Bonchev–Trinajstić information content (AvgIpc) is 3.32. The lowest BCUT2D eigenvalue weighted by Crippen LogP contribution is -2.40. The van der Waals surface area contributed by atoms with Gasteiger partial charge in [0, 0.05) is 27.9 Å². The molecule has 1 fully saturated rings. The van der Waals surface area contributed by atoms with Crippen molar-refractivity contribution >= 4 is 40.4 Å². The second-order valence-electron chi connectivity index (χ2n) is 8.66. The number of carboxylic acid groups (broad SMARTS) is 2. The smallest absolute Gasteiger partial charge is 0.338 e. The molecule has 4 rings (SSSR count). The third-order valence-corrected chi connectivity index (χ3v) is 6.85. The van der Waals surface area contributed by atoms with Gasteiger partial charge in [0.1, 0.15) is 18.9 Å². The molecule has 34 heavy (non-hydrogen) atoms. The van der Waals surface area contributed by atoms with Crippen LogP contribution in [0.2, 0.25) is 5.02 Å². The number of ether oxygens (including phenoxy) is 2. The number of rotatable bonds is 8. The molecule has 2 aromatic carbocycles. The lowest BCUT2D eigenvalue weighted by atomic mass is 9.70. The number of benzene rings is 2. The minimum atomic E-state index is -1.12. The summed E-state index contributed by atoms with van der Waals surface area (Å²) in [6.45, 7) is 1.46. The van der Waals surface area contributed by atoms with Gasteiger partial charge in [-0.2, -0.15) is 0 Å². The number of aromatic nitrogens is 1. The number of esters is 1. The van der Waals surface area contributed by atoms with Crippen LogP contribution in [0.5, 0.6) is 0 Å². The summed E-state index contributed by atoms with van der Waals surface area (Å²) in [5.74, 6) is -3.46. The predicted molar refractivity (Wildman–Crippen MR) is 124 cm³/mol. The Bertz CT molecular complexity index is 1220. The van der Waals surface area contributed by atoms with Gasteiger partial charge in [-0.25, -0.2) is 4.79 Å². The lowest BCUT2D eigenvalue weighted by Gasteiger charge is -2.33. The van der Waals surface area contributed by atoms with Gasteiger partial charge in [0.2, 0.25) is 0 Å². The number of nitrogens with zero attached hydrogens (tertiary/aromatic N) is 1. The third kappa shape index (κ3) is 4.51. The Hall–Kier alpha value is -3.36. The molecule has 0 unspecified atom stereocenters. The van der Waals surface area contributed by atoms with E-state index in [9.17, 15) is 24.6 Å². The van der Waals surface area contributed by atoms with Crippen molar-refractivity contribution in [2.24, 2.45) is 11.3 Å². The Morgan fingerprint density at radius 2 is 1.79 bits per heavy atom. The van der Waals surface area contributed by atoms with Crippen LogP contribution in [0.15, 0.2) is 60.8 Å². The first-order valence-electron chi connectivity index (χ1n) is 10.8. The molecular formula is C25H24ClNO7. The maximum atomic E-state index is 12.5. The molecule has 0 spiro atoms. The van der Waals surface area contributed by atoms with E-state index in [4.69, 9.17) is 21.1 Å². The highest BCUT2D eigenvalue weighted by Crippen LogP contribution is 2.53. The predicted octanol–water partition coefficient (Wildman–Crippen LogP) is 4.62. The summed E-state index contributed by atoms with van der Waals surface area (Å²) in [6.07, 6.45) is -0.568. The molecule has 8 nitrogen and oxygen atoms in total. The summed E-state index contributed by atoms with van der Waals surface area (Å²) >= 11 is 6.31. The van der Waals surface area contributed by atoms with E-state index in [0.717, 1.165) is 10.9 Å². The van der Waals surface area contributed by atoms with E-state index < -0.39 is 41.6 Å². The zero-order valence-corrected chi connectivity index (χ0v) is 19.1. The van der Waals surface area contributed by atoms with Gasteiger partial charge >= 0.3 is 17.9 Å². The minimum Gasteiger partial charge on any atom is -0.481 e. The average molecular weight is 486 g/mol. The Morgan fingerprint density at radius 3 is 2.47 bits per heavy atom. The van der Waals surface area contributed by atoms with E-state index >= 15 is 0 Å². The van der Waals surface area contributed by atoms with Crippen LogP contribution < -0.4 is 0 Å². The van der Waals surface area contributed by atoms with Crippen LogP contribution >= 0.6 is 11.6 Å². The quantitative estimate of drug-likeness (QED) is 0.447. The molecule has 1 aliphatic rings. The van der Waals surface area contributed by atoms with E-state index in [1.807, 2.05) is 6.07 Å². The van der Waals surface area contributed by atoms with Gasteiger partial charge in [-0.1, -0.05) is 42.8 Å². The summed E-state index contributed by atoms with van der Waals surface area (Å²) in [7, 11) is 0. The fraction of sp³-hybridized carbons (Fsp3) is 0.320. The second-order valence-corrected chi connectivity index (χ2v) is 9.06. The van der Waals surface area contributed by atoms with Crippen molar-refractivity contribution in [3.63, 3.8) is 0 Å². The van der Waals surface area contributed by atoms with Gasteiger partial charge < -0.3 is 24.3 Å². The molecular weight excluding hydrogens is 462 g/mol. The molecule has 1 aromatic heterocycles. The summed E-state index contributed by atoms with van der Waals surface area (Å²) < 4.78 is 13.5. The number of carboxylic acids is 2. The molecule has 0 amide bonds. The van der Waals surface area contributed by atoms with Gasteiger partial charge in [-0.3, -0.25) is 9.59 Å². The van der Waals surface area contributed by atoms with Crippen LogP contribution in [0, 0.1) is 11.3 Å². The fourth-order valence-electron chi connectivity index (χ4n) is 4.75. The molecule has 9 heteroatoms. The SMILES string of the molecule is C[C@]1(CC(=O)O)[C@H](COC(=O)c2ccccc2)O[C@@H](n2ccc3c(Cl)cccc32)[C@@H]1CC(=O)O. The number of hydrogen-bond acceptors (Lipinski definition) is 5.